The van der Waals surface area contributed by atoms with Gasteiger partial charge in [-0.3, -0.25) is 4.79 Å². The summed E-state index contributed by atoms with van der Waals surface area (Å²) in [5.74, 6) is -1.65. The molecule has 0 aliphatic rings. The van der Waals surface area contributed by atoms with Gasteiger partial charge in [-0.25, -0.2) is 0 Å². The number of hydrogen-bond donors (Lipinski definition) is 0. The first-order chi connectivity index (χ1) is 9.69. The fourth-order valence-electron chi connectivity index (χ4n) is 1.03. The van der Waals surface area contributed by atoms with Gasteiger partial charge in [0.15, 0.2) is 0 Å². The van der Waals surface area contributed by atoms with Crippen LogP contribution in [0, 0.1) is 5.92 Å². The molecule has 0 amide bonds. The van der Waals surface area contributed by atoms with Crippen LogP contribution in [0.1, 0.15) is 0 Å². The molecule has 14 nitrogen and oxygen atoms in total. The summed E-state index contributed by atoms with van der Waals surface area (Å²) in [6, 6.07) is 0. The summed E-state index contributed by atoms with van der Waals surface area (Å²) in [4.78, 5) is 21.0. The van der Waals surface area contributed by atoms with E-state index in [9.17, 15) is 4.79 Å². The van der Waals surface area contributed by atoms with Crippen molar-refractivity contribution < 1.29 is 9.53 Å². The fourth-order valence-corrected chi connectivity index (χ4v) is 1.03. The lowest BCUT2D eigenvalue weighted by Gasteiger charge is -2.17. The molecule has 1 unspecified atom stereocenters. The Kier molecular flexibility index (Phi) is 9.06. The Morgan fingerprint density at radius 1 is 1.00 bits per heavy atom. The lowest BCUT2D eigenvalue weighted by atomic mass is 10.1. The van der Waals surface area contributed by atoms with Crippen LogP contribution in [0.3, 0.4) is 0 Å². The predicted octanol–water partition coefficient (Wildman–Crippen LogP) is 2.71. The number of carbonyl (C=O) groups is 1. The van der Waals surface area contributed by atoms with E-state index in [0.717, 1.165) is 0 Å². The van der Waals surface area contributed by atoms with Gasteiger partial charge >= 0.3 is 5.97 Å². The van der Waals surface area contributed by atoms with Gasteiger partial charge < -0.3 is 4.74 Å². The first-order valence-corrected chi connectivity index (χ1v) is 4.95. The third kappa shape index (κ3) is 7.12. The Morgan fingerprint density at radius 2 is 1.60 bits per heavy atom. The van der Waals surface area contributed by atoms with Gasteiger partial charge in [-0.15, -0.1) is 0 Å². The molecule has 0 aromatic heterocycles. The molecule has 0 bridgehead atoms. The molecule has 20 heavy (non-hydrogen) atoms. The molecular formula is C6H8N12O2. The Hall–Kier alpha value is -3.29. The normalized spacial score (nSPS) is 11.4. The molecule has 0 aromatic rings. The standard InChI is InChI=1S/C6H8N12O2/c7-15-11-1-4(6(13-17-9)14-18-10)3-20-5(19)2-12-16-8/h4,6H,1-3H2. The van der Waals surface area contributed by atoms with Crippen molar-refractivity contribution in [2.24, 2.45) is 26.4 Å². The highest BCUT2D eigenvalue weighted by Gasteiger charge is 2.20. The van der Waals surface area contributed by atoms with Crippen LogP contribution < -0.4 is 0 Å². The maximum absolute atomic E-state index is 11.1. The van der Waals surface area contributed by atoms with Crippen LogP contribution in [-0.2, 0) is 9.53 Å². The summed E-state index contributed by atoms with van der Waals surface area (Å²) in [7, 11) is 0. The molecule has 0 N–H and O–H groups in total. The molecule has 14 heteroatoms. The highest BCUT2D eigenvalue weighted by atomic mass is 16.5. The third-order valence-corrected chi connectivity index (χ3v) is 1.86. The molecule has 0 rings (SSSR count). The Morgan fingerprint density at radius 3 is 2.10 bits per heavy atom. The first-order valence-electron chi connectivity index (χ1n) is 4.95. The monoisotopic (exact) mass is 280 g/mol. The summed E-state index contributed by atoms with van der Waals surface area (Å²) in [6.07, 6.45) is -1.22. The summed E-state index contributed by atoms with van der Waals surface area (Å²) in [5, 5.41) is 12.6. The van der Waals surface area contributed by atoms with Crippen molar-refractivity contribution in [3.63, 3.8) is 0 Å². The highest BCUT2D eigenvalue weighted by molar-refractivity contribution is 5.71. The second kappa shape index (κ2) is 10.8. The van der Waals surface area contributed by atoms with E-state index >= 15 is 0 Å². The quantitative estimate of drug-likeness (QED) is 0.268. The van der Waals surface area contributed by atoms with Gasteiger partial charge in [0.05, 0.1) is 6.61 Å². The van der Waals surface area contributed by atoms with Gasteiger partial charge in [0, 0.05) is 32.1 Å². The second-order valence-electron chi connectivity index (χ2n) is 3.07. The maximum Gasteiger partial charge on any atom is 0.311 e. The van der Waals surface area contributed by atoms with Gasteiger partial charge in [0.1, 0.15) is 12.7 Å². The van der Waals surface area contributed by atoms with Gasteiger partial charge in [-0.1, -0.05) is 20.5 Å². The minimum absolute atomic E-state index is 0.214. The molecule has 0 fully saturated rings. The molecule has 0 spiro atoms. The van der Waals surface area contributed by atoms with Crippen molar-refractivity contribution in [3.05, 3.63) is 41.8 Å². The zero-order valence-corrected chi connectivity index (χ0v) is 9.96. The molecular weight excluding hydrogens is 272 g/mol. The number of nitrogens with zero attached hydrogens (tertiary/aromatic N) is 12. The van der Waals surface area contributed by atoms with E-state index in [1.54, 1.807) is 0 Å². The summed E-state index contributed by atoms with van der Waals surface area (Å²) in [5.41, 5.74) is 32.9. The number of carbonyl (C=O) groups excluding carboxylic acids is 1. The minimum atomic E-state index is -1.22. The summed E-state index contributed by atoms with van der Waals surface area (Å²) < 4.78 is 4.72. The summed E-state index contributed by atoms with van der Waals surface area (Å²) >= 11 is 0. The topological polar surface area (TPSA) is 221 Å². The van der Waals surface area contributed by atoms with Crippen molar-refractivity contribution in [3.8, 4) is 0 Å². The lowest BCUT2D eigenvalue weighted by molar-refractivity contribution is -0.143. The van der Waals surface area contributed by atoms with E-state index in [1.165, 1.54) is 0 Å². The number of hydrogen-bond acceptors (Lipinski definition) is 6. The molecule has 0 radical (unpaired) electrons. The van der Waals surface area contributed by atoms with Crippen LogP contribution in [0.2, 0.25) is 0 Å². The highest BCUT2D eigenvalue weighted by Crippen LogP contribution is 2.12. The van der Waals surface area contributed by atoms with Gasteiger partial charge in [0.25, 0.3) is 0 Å². The smallest absolute Gasteiger partial charge is 0.311 e. The van der Waals surface area contributed by atoms with E-state index in [1.807, 2.05) is 0 Å². The zero-order valence-electron chi connectivity index (χ0n) is 9.96. The fraction of sp³-hybridized carbons (Fsp3) is 0.833. The number of azide groups is 3. The van der Waals surface area contributed by atoms with Crippen LogP contribution in [0.25, 0.3) is 41.8 Å². The average Bonchev–Trinajstić information content (AvgIpc) is 2.45. The van der Waals surface area contributed by atoms with Crippen molar-refractivity contribution in [2.45, 2.75) is 6.17 Å². The third-order valence-electron chi connectivity index (χ3n) is 1.86. The molecule has 0 aliphatic carbocycles. The van der Waals surface area contributed by atoms with Gasteiger partial charge in [0.2, 0.25) is 0 Å². The largest absolute Gasteiger partial charge is 0.465 e. The van der Waals surface area contributed by atoms with E-state index < -0.39 is 24.6 Å². The van der Waals surface area contributed by atoms with Crippen molar-refractivity contribution in [1.29, 1.82) is 0 Å². The SMILES string of the molecule is [N-]=[N+]=NCC(=O)OCC(CN=[N+]=[N-])C(N=[N+]=[N-])N=[N+]=[N-]. The average molecular weight is 280 g/mol. The van der Waals surface area contributed by atoms with Crippen LogP contribution in [0.4, 0.5) is 0 Å². The zero-order chi connectivity index (χ0) is 15.2. The Bertz CT molecular complexity index is 500. The molecule has 104 valence electrons. The van der Waals surface area contributed by atoms with E-state index in [-0.39, 0.29) is 13.2 Å². The Labute approximate surface area is 110 Å². The van der Waals surface area contributed by atoms with Crippen molar-refractivity contribution in [1.82, 2.24) is 0 Å². The molecule has 0 aromatic carbocycles. The van der Waals surface area contributed by atoms with E-state index in [0.29, 0.717) is 0 Å². The maximum atomic E-state index is 11.1. The van der Waals surface area contributed by atoms with Crippen molar-refractivity contribution in [2.75, 3.05) is 19.7 Å². The first kappa shape index (κ1) is 16.7. The Balaban J connectivity index is 4.80. The van der Waals surface area contributed by atoms with Crippen LogP contribution in [-0.4, -0.2) is 31.8 Å². The van der Waals surface area contributed by atoms with Crippen LogP contribution >= 0.6 is 0 Å². The number of esters is 1. The molecule has 0 saturated carbocycles. The van der Waals surface area contributed by atoms with E-state index in [4.69, 9.17) is 26.9 Å². The minimum Gasteiger partial charge on any atom is -0.465 e. The van der Waals surface area contributed by atoms with Crippen LogP contribution in [0.5, 0.6) is 0 Å². The van der Waals surface area contributed by atoms with Gasteiger partial charge in [-0.2, -0.15) is 0 Å². The molecule has 1 atom stereocenters. The number of rotatable bonds is 9. The van der Waals surface area contributed by atoms with E-state index in [2.05, 4.69) is 40.1 Å². The summed E-state index contributed by atoms with van der Waals surface area (Å²) in [6.45, 7) is -1.06. The van der Waals surface area contributed by atoms with Gasteiger partial charge in [-0.05, 0) is 22.1 Å². The lowest BCUT2D eigenvalue weighted by Crippen LogP contribution is -2.26. The molecule has 0 heterocycles. The second-order valence-corrected chi connectivity index (χ2v) is 3.07. The molecule has 0 aliphatic heterocycles. The predicted molar refractivity (Wildman–Crippen MR) is 64.6 cm³/mol. The number of ether oxygens (including phenoxy) is 1. The van der Waals surface area contributed by atoms with Crippen LogP contribution in [0.15, 0.2) is 20.5 Å². The van der Waals surface area contributed by atoms with Crippen molar-refractivity contribution >= 4 is 5.97 Å². The molecule has 0 saturated heterocycles.